The van der Waals surface area contributed by atoms with Gasteiger partial charge in [-0.2, -0.15) is 0 Å². The maximum atomic E-state index is 10.2. The molecule has 0 saturated carbocycles. The van der Waals surface area contributed by atoms with Crippen LogP contribution in [0.3, 0.4) is 0 Å². The molecule has 0 aromatic carbocycles. The van der Waals surface area contributed by atoms with Gasteiger partial charge in [-0.05, 0) is 17.3 Å². The largest absolute Gasteiger partial charge is 0.474 e. The molecule has 5 heteroatoms. The molecule has 0 spiro atoms. The van der Waals surface area contributed by atoms with Gasteiger partial charge in [0, 0.05) is 6.20 Å². The Morgan fingerprint density at radius 3 is 3.17 bits per heavy atom. The Kier molecular flexibility index (Phi) is 3.16. The highest BCUT2D eigenvalue weighted by Gasteiger charge is 2.02. The topological polar surface area (TPSA) is 71.8 Å². The molecular formula is C7H8N2O3. The van der Waals surface area contributed by atoms with Crippen molar-refractivity contribution in [2.24, 2.45) is 5.18 Å². The zero-order valence-corrected chi connectivity index (χ0v) is 6.30. The van der Waals surface area contributed by atoms with Crippen LogP contribution in [0.1, 0.15) is 0 Å². The van der Waals surface area contributed by atoms with Crippen LogP contribution in [0.2, 0.25) is 0 Å². The molecule has 0 aliphatic rings. The number of ether oxygens (including phenoxy) is 1. The van der Waals surface area contributed by atoms with E-state index in [1.807, 2.05) is 0 Å². The fourth-order valence-corrected chi connectivity index (χ4v) is 0.705. The maximum absolute atomic E-state index is 10.2. The second-order valence-electron chi connectivity index (χ2n) is 1.99. The summed E-state index contributed by atoms with van der Waals surface area (Å²) in [6.07, 6.45) is 1.49. The van der Waals surface area contributed by atoms with Gasteiger partial charge in [0.05, 0.1) is 6.61 Å². The first-order valence-electron chi connectivity index (χ1n) is 3.40. The van der Waals surface area contributed by atoms with Crippen LogP contribution >= 0.6 is 0 Å². The van der Waals surface area contributed by atoms with E-state index < -0.39 is 0 Å². The van der Waals surface area contributed by atoms with Gasteiger partial charge in [0.15, 0.2) is 5.69 Å². The molecule has 0 radical (unpaired) electrons. The Labute approximate surface area is 69.0 Å². The van der Waals surface area contributed by atoms with Gasteiger partial charge < -0.3 is 9.84 Å². The van der Waals surface area contributed by atoms with Crippen LogP contribution in [-0.2, 0) is 0 Å². The number of hydrogen-bond donors (Lipinski definition) is 1. The SMILES string of the molecule is O=Nc1cccnc1OCCO. The van der Waals surface area contributed by atoms with E-state index >= 15 is 0 Å². The van der Waals surface area contributed by atoms with Gasteiger partial charge >= 0.3 is 0 Å². The van der Waals surface area contributed by atoms with E-state index in [1.165, 1.54) is 12.3 Å². The lowest BCUT2D eigenvalue weighted by molar-refractivity contribution is 0.197. The minimum Gasteiger partial charge on any atom is -0.474 e. The molecule has 0 fully saturated rings. The van der Waals surface area contributed by atoms with Crippen LogP contribution in [-0.4, -0.2) is 23.3 Å². The van der Waals surface area contributed by atoms with E-state index in [0.29, 0.717) is 0 Å². The molecule has 0 aliphatic heterocycles. The van der Waals surface area contributed by atoms with Gasteiger partial charge in [-0.1, -0.05) is 0 Å². The van der Waals surface area contributed by atoms with Crippen LogP contribution in [0.4, 0.5) is 5.69 Å². The van der Waals surface area contributed by atoms with Gasteiger partial charge in [0.25, 0.3) is 0 Å². The second kappa shape index (κ2) is 4.40. The zero-order valence-electron chi connectivity index (χ0n) is 6.30. The number of aromatic nitrogens is 1. The predicted octanol–water partition coefficient (Wildman–Crippen LogP) is 0.851. The van der Waals surface area contributed by atoms with E-state index in [1.54, 1.807) is 6.07 Å². The van der Waals surface area contributed by atoms with Crippen molar-refractivity contribution in [2.45, 2.75) is 0 Å². The average Bonchev–Trinajstić information content (AvgIpc) is 2.15. The van der Waals surface area contributed by atoms with E-state index in [2.05, 4.69) is 10.2 Å². The molecule has 0 saturated heterocycles. The summed E-state index contributed by atoms with van der Waals surface area (Å²) in [6.45, 7) is -0.00555. The Morgan fingerprint density at radius 1 is 1.67 bits per heavy atom. The van der Waals surface area contributed by atoms with Crippen LogP contribution in [0.5, 0.6) is 5.88 Å². The molecule has 12 heavy (non-hydrogen) atoms. The van der Waals surface area contributed by atoms with Gasteiger partial charge in [0.1, 0.15) is 6.61 Å². The summed E-state index contributed by atoms with van der Waals surface area (Å²) in [5.41, 5.74) is 0.144. The first-order valence-corrected chi connectivity index (χ1v) is 3.40. The molecular weight excluding hydrogens is 160 g/mol. The molecule has 1 heterocycles. The highest BCUT2D eigenvalue weighted by atomic mass is 16.5. The zero-order chi connectivity index (χ0) is 8.81. The number of aliphatic hydroxyl groups is 1. The van der Waals surface area contributed by atoms with E-state index in [0.717, 1.165) is 0 Å². The molecule has 0 aliphatic carbocycles. The van der Waals surface area contributed by atoms with Crippen molar-refractivity contribution in [3.63, 3.8) is 0 Å². The van der Waals surface area contributed by atoms with Crippen molar-refractivity contribution in [3.05, 3.63) is 23.2 Å². The van der Waals surface area contributed by atoms with Crippen molar-refractivity contribution in [1.82, 2.24) is 4.98 Å². The molecule has 5 nitrogen and oxygen atoms in total. The monoisotopic (exact) mass is 168 g/mol. The molecule has 1 rings (SSSR count). The lowest BCUT2D eigenvalue weighted by Gasteiger charge is -2.02. The number of pyridine rings is 1. The number of hydrogen-bond acceptors (Lipinski definition) is 5. The summed E-state index contributed by atoms with van der Waals surface area (Å²) in [5.74, 6) is 0.154. The standard InChI is InChI=1S/C7H8N2O3/c10-4-5-12-7-6(9-11)2-1-3-8-7/h1-3,10H,4-5H2. The molecule has 1 N–H and O–H groups in total. The van der Waals surface area contributed by atoms with Crippen LogP contribution < -0.4 is 4.74 Å². The van der Waals surface area contributed by atoms with Gasteiger partial charge in [-0.25, -0.2) is 4.98 Å². The summed E-state index contributed by atoms with van der Waals surface area (Å²) in [7, 11) is 0. The summed E-state index contributed by atoms with van der Waals surface area (Å²) in [4.78, 5) is 13.9. The maximum Gasteiger partial charge on any atom is 0.243 e. The number of nitrogens with zero attached hydrogens (tertiary/aromatic N) is 2. The second-order valence-corrected chi connectivity index (χ2v) is 1.99. The van der Waals surface area contributed by atoms with E-state index in [4.69, 9.17) is 9.84 Å². The predicted molar refractivity (Wildman–Crippen MR) is 42.3 cm³/mol. The van der Waals surface area contributed by atoms with Crippen molar-refractivity contribution in [2.75, 3.05) is 13.2 Å². The Bertz CT molecular complexity index is 265. The summed E-state index contributed by atoms with van der Waals surface area (Å²) in [5, 5.41) is 11.1. The molecule has 1 aromatic heterocycles. The van der Waals surface area contributed by atoms with Crippen molar-refractivity contribution in [1.29, 1.82) is 0 Å². The third-order valence-electron chi connectivity index (χ3n) is 1.18. The third-order valence-corrected chi connectivity index (χ3v) is 1.18. The van der Waals surface area contributed by atoms with Crippen molar-refractivity contribution in [3.8, 4) is 5.88 Å². The van der Waals surface area contributed by atoms with Crippen LogP contribution in [0.15, 0.2) is 23.5 Å². The third kappa shape index (κ3) is 2.00. The minimum absolute atomic E-state index is 0.111. The summed E-state index contributed by atoms with van der Waals surface area (Å²) in [6, 6.07) is 3.08. The van der Waals surface area contributed by atoms with Gasteiger partial charge in [0.2, 0.25) is 5.88 Å². The quantitative estimate of drug-likeness (QED) is 0.676. The van der Waals surface area contributed by atoms with Gasteiger partial charge in [-0.15, -0.1) is 4.91 Å². The van der Waals surface area contributed by atoms with E-state index in [-0.39, 0.29) is 24.8 Å². The molecule has 0 atom stereocenters. The fourth-order valence-electron chi connectivity index (χ4n) is 0.705. The Morgan fingerprint density at radius 2 is 2.50 bits per heavy atom. The average molecular weight is 168 g/mol. The lowest BCUT2D eigenvalue weighted by Crippen LogP contribution is -2.02. The number of nitroso groups, excluding NO2 is 1. The van der Waals surface area contributed by atoms with Crippen LogP contribution in [0.25, 0.3) is 0 Å². The lowest BCUT2D eigenvalue weighted by atomic mass is 10.4. The molecule has 0 unspecified atom stereocenters. The Balaban J connectivity index is 2.75. The number of aliphatic hydroxyl groups excluding tert-OH is 1. The molecule has 1 aromatic rings. The van der Waals surface area contributed by atoms with Crippen molar-refractivity contribution < 1.29 is 9.84 Å². The van der Waals surface area contributed by atoms with Gasteiger partial charge in [-0.3, -0.25) is 0 Å². The summed E-state index contributed by atoms with van der Waals surface area (Å²) < 4.78 is 4.92. The highest BCUT2D eigenvalue weighted by Crippen LogP contribution is 2.22. The first kappa shape index (κ1) is 8.61. The highest BCUT2D eigenvalue weighted by molar-refractivity contribution is 5.45. The minimum atomic E-state index is -0.116. The normalized spacial score (nSPS) is 9.42. The summed E-state index contributed by atoms with van der Waals surface area (Å²) >= 11 is 0. The number of rotatable bonds is 4. The van der Waals surface area contributed by atoms with Crippen LogP contribution in [0, 0.1) is 4.91 Å². The smallest absolute Gasteiger partial charge is 0.243 e. The fraction of sp³-hybridized carbons (Fsp3) is 0.286. The molecule has 0 bridgehead atoms. The Hall–Kier alpha value is -1.49. The molecule has 0 amide bonds. The first-order chi connectivity index (χ1) is 5.88. The molecule has 64 valence electrons. The van der Waals surface area contributed by atoms with Crippen molar-refractivity contribution >= 4 is 5.69 Å². The van der Waals surface area contributed by atoms with E-state index in [9.17, 15) is 4.91 Å².